The molecule has 1 atom stereocenters. The summed E-state index contributed by atoms with van der Waals surface area (Å²) >= 11 is 6.08. The van der Waals surface area contributed by atoms with E-state index < -0.39 is 0 Å². The number of rotatable bonds is 1. The molecule has 3 nitrogen and oxygen atoms in total. The Morgan fingerprint density at radius 1 is 1.57 bits per heavy atom. The Morgan fingerprint density at radius 3 is 2.93 bits per heavy atom. The predicted octanol–water partition coefficient (Wildman–Crippen LogP) is 1.88. The lowest BCUT2D eigenvalue weighted by atomic mass is 10.1. The first-order valence-corrected chi connectivity index (χ1v) is 4.93. The van der Waals surface area contributed by atoms with Crippen molar-refractivity contribution in [2.24, 2.45) is 5.73 Å². The predicted molar refractivity (Wildman–Crippen MR) is 57.7 cm³/mol. The molecule has 0 heterocycles. The topological polar surface area (TPSA) is 61.3 Å². The lowest BCUT2D eigenvalue weighted by Crippen LogP contribution is -2.08. The Bertz CT molecular complexity index is 379. The minimum Gasteiger partial charge on any atom is -0.494 e. The second kappa shape index (κ2) is 3.33. The summed E-state index contributed by atoms with van der Waals surface area (Å²) in [4.78, 5) is 0. The van der Waals surface area contributed by atoms with E-state index >= 15 is 0 Å². The highest BCUT2D eigenvalue weighted by molar-refractivity contribution is 6.32. The van der Waals surface area contributed by atoms with Gasteiger partial charge in [-0.05, 0) is 24.5 Å². The van der Waals surface area contributed by atoms with E-state index in [4.69, 9.17) is 27.8 Å². The number of hydrogen-bond acceptors (Lipinski definition) is 3. The third kappa shape index (κ3) is 1.24. The maximum Gasteiger partial charge on any atom is 0.146 e. The van der Waals surface area contributed by atoms with Crippen LogP contribution in [0, 0.1) is 0 Å². The van der Waals surface area contributed by atoms with Gasteiger partial charge in [0.15, 0.2) is 0 Å². The zero-order chi connectivity index (χ0) is 10.3. The van der Waals surface area contributed by atoms with Crippen LogP contribution in [0.2, 0.25) is 5.02 Å². The summed E-state index contributed by atoms with van der Waals surface area (Å²) in [5, 5.41) is 0.700. The third-order valence-electron chi connectivity index (χ3n) is 2.68. The fourth-order valence-corrected chi connectivity index (χ4v) is 2.34. The van der Waals surface area contributed by atoms with E-state index in [2.05, 4.69) is 0 Å². The van der Waals surface area contributed by atoms with Gasteiger partial charge in [-0.25, -0.2) is 0 Å². The van der Waals surface area contributed by atoms with Crippen molar-refractivity contribution in [3.05, 3.63) is 22.2 Å². The van der Waals surface area contributed by atoms with Crippen LogP contribution in [0.5, 0.6) is 5.75 Å². The van der Waals surface area contributed by atoms with E-state index in [0.717, 1.165) is 24.0 Å². The third-order valence-corrected chi connectivity index (χ3v) is 3.02. The molecule has 0 amide bonds. The Kier molecular flexibility index (Phi) is 2.29. The molecule has 1 unspecified atom stereocenters. The molecule has 0 aromatic heterocycles. The second-order valence-electron chi connectivity index (χ2n) is 3.52. The van der Waals surface area contributed by atoms with Crippen molar-refractivity contribution in [1.29, 1.82) is 0 Å². The van der Waals surface area contributed by atoms with Gasteiger partial charge in [0.2, 0.25) is 0 Å². The van der Waals surface area contributed by atoms with Gasteiger partial charge in [-0.2, -0.15) is 0 Å². The molecule has 0 radical (unpaired) electrons. The lowest BCUT2D eigenvalue weighted by molar-refractivity contribution is 0.409. The molecule has 14 heavy (non-hydrogen) atoms. The molecule has 1 aliphatic carbocycles. The first kappa shape index (κ1) is 9.62. The molecule has 0 bridgehead atoms. The molecule has 2 rings (SSSR count). The van der Waals surface area contributed by atoms with Crippen LogP contribution in [0.15, 0.2) is 6.07 Å². The van der Waals surface area contributed by atoms with Crippen molar-refractivity contribution < 1.29 is 4.74 Å². The molecule has 1 aromatic rings. The first-order valence-electron chi connectivity index (χ1n) is 4.55. The highest BCUT2D eigenvalue weighted by Gasteiger charge is 2.27. The summed E-state index contributed by atoms with van der Waals surface area (Å²) in [5.74, 6) is 0.689. The largest absolute Gasteiger partial charge is 0.494 e. The molecule has 4 N–H and O–H groups in total. The number of benzene rings is 1. The average Bonchev–Trinajstić information content (AvgIpc) is 2.50. The molecular formula is C10H13ClN2O. The molecule has 0 spiro atoms. The van der Waals surface area contributed by atoms with Crippen LogP contribution in [0.4, 0.5) is 5.69 Å². The summed E-state index contributed by atoms with van der Waals surface area (Å²) in [6, 6.07) is 1.73. The normalized spacial score (nSPS) is 19.5. The van der Waals surface area contributed by atoms with Gasteiger partial charge in [0.05, 0.1) is 12.8 Å². The summed E-state index contributed by atoms with van der Waals surface area (Å²) in [5.41, 5.74) is 14.4. The number of nitrogens with two attached hydrogens (primary N) is 2. The molecule has 4 heteroatoms. The second-order valence-corrected chi connectivity index (χ2v) is 3.93. The monoisotopic (exact) mass is 212 g/mol. The zero-order valence-corrected chi connectivity index (χ0v) is 8.77. The van der Waals surface area contributed by atoms with Gasteiger partial charge < -0.3 is 16.2 Å². The Hall–Kier alpha value is -0.930. The quantitative estimate of drug-likeness (QED) is 0.699. The summed E-state index contributed by atoms with van der Waals surface area (Å²) in [6.07, 6.45) is 1.82. The number of anilines is 1. The molecule has 0 saturated heterocycles. The summed E-state index contributed by atoms with van der Waals surface area (Å²) in [7, 11) is 1.60. The smallest absolute Gasteiger partial charge is 0.146 e. The van der Waals surface area contributed by atoms with Gasteiger partial charge in [-0.15, -0.1) is 0 Å². The van der Waals surface area contributed by atoms with Gasteiger partial charge in [-0.1, -0.05) is 11.6 Å². The minimum absolute atomic E-state index is 0.000880. The van der Waals surface area contributed by atoms with Crippen LogP contribution in [0.3, 0.4) is 0 Å². The lowest BCUT2D eigenvalue weighted by Gasteiger charge is -2.14. The summed E-state index contributed by atoms with van der Waals surface area (Å²) in [6.45, 7) is 0. The summed E-state index contributed by atoms with van der Waals surface area (Å²) < 4.78 is 5.25. The maximum atomic E-state index is 6.08. The van der Waals surface area contributed by atoms with Crippen LogP contribution in [0.1, 0.15) is 23.6 Å². The highest BCUT2D eigenvalue weighted by atomic mass is 35.5. The van der Waals surface area contributed by atoms with Crippen LogP contribution in [-0.4, -0.2) is 7.11 Å². The van der Waals surface area contributed by atoms with Crippen LogP contribution in [0.25, 0.3) is 0 Å². The van der Waals surface area contributed by atoms with Gasteiger partial charge in [0.25, 0.3) is 0 Å². The minimum atomic E-state index is 0.000880. The van der Waals surface area contributed by atoms with Gasteiger partial charge >= 0.3 is 0 Å². The Labute approximate surface area is 88.0 Å². The molecule has 0 aliphatic heterocycles. The standard InChI is InChI=1S/C10H13ClN2O/c1-14-10-8(13)4-6(11)5-2-3-7(12)9(5)10/h4,7H,2-3,12-13H2,1H3. The van der Waals surface area contributed by atoms with Gasteiger partial charge in [0.1, 0.15) is 5.75 Å². The Morgan fingerprint density at radius 2 is 2.29 bits per heavy atom. The van der Waals surface area contributed by atoms with Crippen molar-refractivity contribution >= 4 is 17.3 Å². The number of ether oxygens (including phenoxy) is 1. The van der Waals surface area contributed by atoms with Crippen molar-refractivity contribution in [3.8, 4) is 5.75 Å². The fraction of sp³-hybridized carbons (Fsp3) is 0.400. The van der Waals surface area contributed by atoms with Crippen molar-refractivity contribution in [3.63, 3.8) is 0 Å². The number of methoxy groups -OCH3 is 1. The van der Waals surface area contributed by atoms with E-state index in [1.54, 1.807) is 13.2 Å². The van der Waals surface area contributed by atoms with E-state index in [0.29, 0.717) is 16.5 Å². The highest BCUT2D eigenvalue weighted by Crippen LogP contribution is 2.43. The van der Waals surface area contributed by atoms with Crippen LogP contribution in [-0.2, 0) is 6.42 Å². The first-order chi connectivity index (χ1) is 6.65. The van der Waals surface area contributed by atoms with Gasteiger partial charge in [-0.3, -0.25) is 0 Å². The average molecular weight is 213 g/mol. The van der Waals surface area contributed by atoms with Crippen molar-refractivity contribution in [2.75, 3.05) is 12.8 Å². The molecule has 0 saturated carbocycles. The number of halogens is 1. The Balaban J connectivity index is 2.68. The molecule has 0 fully saturated rings. The molecule has 1 aromatic carbocycles. The van der Waals surface area contributed by atoms with Crippen LogP contribution >= 0.6 is 11.6 Å². The SMILES string of the molecule is COc1c(N)cc(Cl)c2c1C(N)CC2. The van der Waals surface area contributed by atoms with E-state index in [9.17, 15) is 0 Å². The van der Waals surface area contributed by atoms with Crippen molar-refractivity contribution in [2.45, 2.75) is 18.9 Å². The van der Waals surface area contributed by atoms with E-state index in [-0.39, 0.29) is 6.04 Å². The van der Waals surface area contributed by atoms with Crippen LogP contribution < -0.4 is 16.2 Å². The fourth-order valence-electron chi connectivity index (χ4n) is 2.03. The van der Waals surface area contributed by atoms with E-state index in [1.807, 2.05) is 0 Å². The molecular weight excluding hydrogens is 200 g/mol. The van der Waals surface area contributed by atoms with Crippen molar-refractivity contribution in [1.82, 2.24) is 0 Å². The maximum absolute atomic E-state index is 6.08. The number of fused-ring (bicyclic) bond motifs is 1. The number of hydrogen-bond donors (Lipinski definition) is 2. The van der Waals surface area contributed by atoms with E-state index in [1.165, 1.54) is 0 Å². The molecule has 1 aliphatic rings. The zero-order valence-electron chi connectivity index (χ0n) is 8.01. The molecule has 76 valence electrons. The number of nitrogen functional groups attached to an aromatic ring is 1. The van der Waals surface area contributed by atoms with Gasteiger partial charge in [0, 0.05) is 16.6 Å².